The maximum absolute atomic E-state index is 11.7. The summed E-state index contributed by atoms with van der Waals surface area (Å²) < 4.78 is 10.7. The third kappa shape index (κ3) is 5.89. The number of amides is 2. The van der Waals surface area contributed by atoms with Gasteiger partial charge in [0.05, 0.1) is 12.8 Å². The second-order valence-electron chi connectivity index (χ2n) is 6.45. The summed E-state index contributed by atoms with van der Waals surface area (Å²) in [4.78, 5) is 23.2. The highest BCUT2D eigenvalue weighted by molar-refractivity contribution is 6.35. The van der Waals surface area contributed by atoms with Crippen LogP contribution in [0.5, 0.6) is 5.75 Å². The first-order valence-corrected chi connectivity index (χ1v) is 9.47. The molecule has 7 nitrogen and oxygen atoms in total. The zero-order valence-corrected chi connectivity index (χ0v) is 16.6. The molecule has 154 valence electrons. The lowest BCUT2D eigenvalue weighted by atomic mass is 10.1. The Labute approximate surface area is 174 Å². The quantitative estimate of drug-likeness (QED) is 0.261. The second-order valence-corrected chi connectivity index (χ2v) is 6.45. The van der Waals surface area contributed by atoms with E-state index < -0.39 is 11.8 Å². The van der Waals surface area contributed by atoms with Gasteiger partial charge in [-0.1, -0.05) is 54.6 Å². The molecule has 3 rings (SSSR count). The first kappa shape index (κ1) is 21.0. The average molecular weight is 405 g/mol. The predicted molar refractivity (Wildman–Crippen MR) is 115 cm³/mol. The molecular formula is C23H23N3O4. The number of carbonyl (C=O) groups is 2. The molecule has 0 saturated carbocycles. The molecule has 3 aromatic carbocycles. The zero-order chi connectivity index (χ0) is 21.2. The molecule has 0 fully saturated rings. The molecule has 0 unspecified atom stereocenters. The number of nitrogens with zero attached hydrogens (tertiary/aromatic N) is 1. The van der Waals surface area contributed by atoms with E-state index in [9.17, 15) is 9.59 Å². The summed E-state index contributed by atoms with van der Waals surface area (Å²) in [7, 11) is 1.51. The molecule has 30 heavy (non-hydrogen) atoms. The summed E-state index contributed by atoms with van der Waals surface area (Å²) in [6, 6.07) is 21.6. The van der Waals surface area contributed by atoms with E-state index in [0.29, 0.717) is 19.0 Å². The Morgan fingerprint density at radius 3 is 2.67 bits per heavy atom. The molecule has 2 amide bonds. The van der Waals surface area contributed by atoms with Crippen LogP contribution in [0.4, 0.5) is 0 Å². The van der Waals surface area contributed by atoms with Crippen molar-refractivity contribution in [2.45, 2.75) is 6.61 Å². The Morgan fingerprint density at radius 2 is 1.80 bits per heavy atom. The number of benzene rings is 3. The van der Waals surface area contributed by atoms with Gasteiger partial charge in [0.15, 0.2) is 0 Å². The SMILES string of the molecule is COCCNC(=O)C(=O)N/N=C\c1cccc(OCc2cccc3ccccc23)c1. The van der Waals surface area contributed by atoms with Gasteiger partial charge in [-0.2, -0.15) is 5.10 Å². The van der Waals surface area contributed by atoms with Crippen molar-refractivity contribution in [3.63, 3.8) is 0 Å². The van der Waals surface area contributed by atoms with Gasteiger partial charge in [-0.05, 0) is 34.0 Å². The highest BCUT2D eigenvalue weighted by Gasteiger charge is 2.11. The molecule has 0 spiro atoms. The van der Waals surface area contributed by atoms with Crippen molar-refractivity contribution in [1.29, 1.82) is 0 Å². The average Bonchev–Trinajstić information content (AvgIpc) is 2.78. The van der Waals surface area contributed by atoms with Crippen LogP contribution in [-0.4, -0.2) is 38.3 Å². The summed E-state index contributed by atoms with van der Waals surface area (Å²) in [5, 5.41) is 8.56. The normalized spacial score (nSPS) is 10.8. The summed E-state index contributed by atoms with van der Waals surface area (Å²) in [6.07, 6.45) is 1.45. The van der Waals surface area contributed by atoms with E-state index in [2.05, 4.69) is 34.0 Å². The molecule has 0 aromatic heterocycles. The summed E-state index contributed by atoms with van der Waals surface area (Å²) >= 11 is 0. The molecule has 0 heterocycles. The third-order valence-electron chi connectivity index (χ3n) is 4.31. The molecule has 0 aliphatic heterocycles. The maximum atomic E-state index is 11.7. The zero-order valence-electron chi connectivity index (χ0n) is 16.6. The highest BCUT2D eigenvalue weighted by Crippen LogP contribution is 2.21. The maximum Gasteiger partial charge on any atom is 0.329 e. The van der Waals surface area contributed by atoms with Crippen LogP contribution >= 0.6 is 0 Å². The van der Waals surface area contributed by atoms with Crippen LogP contribution in [0, 0.1) is 0 Å². The monoisotopic (exact) mass is 405 g/mol. The molecule has 0 saturated heterocycles. The minimum atomic E-state index is -0.842. The minimum absolute atomic E-state index is 0.253. The van der Waals surface area contributed by atoms with E-state index in [0.717, 1.165) is 16.5 Å². The van der Waals surface area contributed by atoms with Gasteiger partial charge < -0.3 is 14.8 Å². The van der Waals surface area contributed by atoms with Crippen LogP contribution in [0.3, 0.4) is 0 Å². The van der Waals surface area contributed by atoms with Crippen molar-refractivity contribution in [2.75, 3.05) is 20.3 Å². The van der Waals surface area contributed by atoms with Gasteiger partial charge in [-0.3, -0.25) is 9.59 Å². The van der Waals surface area contributed by atoms with E-state index in [1.807, 2.05) is 42.5 Å². The largest absolute Gasteiger partial charge is 0.489 e. The summed E-state index contributed by atoms with van der Waals surface area (Å²) in [5.41, 5.74) is 4.02. The van der Waals surface area contributed by atoms with Crippen molar-refractivity contribution in [3.05, 3.63) is 77.9 Å². The molecule has 0 radical (unpaired) electrons. The number of hydrogen-bond donors (Lipinski definition) is 2. The lowest BCUT2D eigenvalue weighted by Crippen LogP contribution is -2.39. The molecule has 2 N–H and O–H groups in total. The number of nitrogens with one attached hydrogen (secondary N) is 2. The van der Waals surface area contributed by atoms with E-state index in [1.54, 1.807) is 6.07 Å². The van der Waals surface area contributed by atoms with Gasteiger partial charge in [-0.25, -0.2) is 5.43 Å². The Morgan fingerprint density at radius 1 is 1.00 bits per heavy atom. The van der Waals surface area contributed by atoms with Gasteiger partial charge >= 0.3 is 11.8 Å². The summed E-state index contributed by atoms with van der Waals surface area (Å²) in [6.45, 7) is 1.01. The van der Waals surface area contributed by atoms with Crippen molar-refractivity contribution >= 4 is 28.8 Å². The van der Waals surface area contributed by atoms with Crippen LogP contribution in [0.15, 0.2) is 71.8 Å². The Kier molecular flexibility index (Phi) is 7.51. The van der Waals surface area contributed by atoms with Crippen molar-refractivity contribution in [2.24, 2.45) is 5.10 Å². The van der Waals surface area contributed by atoms with Gasteiger partial charge in [0, 0.05) is 13.7 Å². The molecule has 0 bridgehead atoms. The van der Waals surface area contributed by atoms with Crippen molar-refractivity contribution in [3.8, 4) is 5.75 Å². The molecular weight excluding hydrogens is 382 g/mol. The second kappa shape index (κ2) is 10.7. The fourth-order valence-electron chi connectivity index (χ4n) is 2.83. The number of carbonyl (C=O) groups excluding carboxylic acids is 2. The minimum Gasteiger partial charge on any atom is -0.489 e. The number of hydrazone groups is 1. The van der Waals surface area contributed by atoms with Crippen LogP contribution < -0.4 is 15.5 Å². The van der Waals surface area contributed by atoms with Crippen LogP contribution in [0.2, 0.25) is 0 Å². The standard InChI is InChI=1S/C23H23N3O4/c1-29-13-12-24-22(27)23(28)26-25-15-17-6-4-10-20(14-17)30-16-19-9-5-8-18-7-2-3-11-21(18)19/h2-11,14-15H,12-13,16H2,1H3,(H,24,27)(H,26,28)/b25-15-. The highest BCUT2D eigenvalue weighted by atomic mass is 16.5. The topological polar surface area (TPSA) is 89.0 Å². The first-order chi connectivity index (χ1) is 14.7. The van der Waals surface area contributed by atoms with E-state index in [4.69, 9.17) is 9.47 Å². The third-order valence-corrected chi connectivity index (χ3v) is 4.31. The number of rotatable bonds is 8. The van der Waals surface area contributed by atoms with E-state index in [1.165, 1.54) is 18.7 Å². The van der Waals surface area contributed by atoms with Crippen molar-refractivity contribution in [1.82, 2.24) is 10.7 Å². The van der Waals surface area contributed by atoms with Crippen LogP contribution in [-0.2, 0) is 20.9 Å². The number of hydrogen-bond acceptors (Lipinski definition) is 5. The lowest BCUT2D eigenvalue weighted by Gasteiger charge is -2.09. The van der Waals surface area contributed by atoms with Gasteiger partial charge in [0.1, 0.15) is 12.4 Å². The van der Waals surface area contributed by atoms with E-state index in [-0.39, 0.29) is 6.54 Å². The van der Waals surface area contributed by atoms with E-state index >= 15 is 0 Å². The molecule has 7 heteroatoms. The smallest absolute Gasteiger partial charge is 0.329 e. The number of ether oxygens (including phenoxy) is 2. The first-order valence-electron chi connectivity index (χ1n) is 9.47. The van der Waals surface area contributed by atoms with Crippen molar-refractivity contribution < 1.29 is 19.1 Å². The van der Waals surface area contributed by atoms with Crippen LogP contribution in [0.25, 0.3) is 10.8 Å². The van der Waals surface area contributed by atoms with Gasteiger partial charge in [0.2, 0.25) is 0 Å². The Bertz CT molecular complexity index is 1040. The summed E-state index contributed by atoms with van der Waals surface area (Å²) in [5.74, 6) is -0.933. The lowest BCUT2D eigenvalue weighted by molar-refractivity contribution is -0.139. The molecule has 3 aromatic rings. The van der Waals surface area contributed by atoms with Crippen LogP contribution in [0.1, 0.15) is 11.1 Å². The fraction of sp³-hybridized carbons (Fsp3) is 0.174. The van der Waals surface area contributed by atoms with Gasteiger partial charge in [-0.15, -0.1) is 0 Å². The fourth-order valence-corrected chi connectivity index (χ4v) is 2.83. The van der Waals surface area contributed by atoms with Gasteiger partial charge in [0.25, 0.3) is 0 Å². The Balaban J connectivity index is 1.56. The number of methoxy groups -OCH3 is 1. The Hall–Kier alpha value is -3.71. The number of fused-ring (bicyclic) bond motifs is 1. The predicted octanol–water partition coefficient (Wildman–Crippen LogP) is 2.63. The molecule has 0 aliphatic carbocycles. The molecule has 0 atom stereocenters. The molecule has 0 aliphatic rings.